The van der Waals surface area contributed by atoms with Crippen molar-refractivity contribution in [1.82, 2.24) is 20.2 Å². The second-order valence-corrected chi connectivity index (χ2v) is 8.29. The highest BCUT2D eigenvalue weighted by molar-refractivity contribution is 8.00. The van der Waals surface area contributed by atoms with Gasteiger partial charge in [0.1, 0.15) is 0 Å². The number of nitrogens with one attached hydrogen (secondary N) is 1. The number of carbonyl (C=O) groups is 1. The molecule has 6 nitrogen and oxygen atoms in total. The molecule has 2 aromatic rings. The Labute approximate surface area is 153 Å². The predicted molar refractivity (Wildman–Crippen MR) is 102 cm³/mol. The van der Waals surface area contributed by atoms with Crippen molar-refractivity contribution < 1.29 is 4.79 Å². The number of thioether (sulfide) groups is 1. The molecule has 1 unspecified atom stereocenters. The number of nitrogens with zero attached hydrogens (tertiary/aromatic N) is 4. The van der Waals surface area contributed by atoms with E-state index in [-0.39, 0.29) is 11.2 Å². The molecule has 0 saturated carbocycles. The van der Waals surface area contributed by atoms with Crippen LogP contribution in [0.4, 0.5) is 5.69 Å². The van der Waals surface area contributed by atoms with Crippen molar-refractivity contribution in [1.29, 1.82) is 0 Å². The zero-order chi connectivity index (χ0) is 18.6. The molecule has 0 aliphatic rings. The summed E-state index contributed by atoms with van der Waals surface area (Å²) in [6.45, 7) is 13.1. The fourth-order valence-electron chi connectivity index (χ4n) is 2.52. The van der Waals surface area contributed by atoms with Gasteiger partial charge in [-0.25, -0.2) is 4.68 Å². The minimum atomic E-state index is -0.295. The first-order valence-corrected chi connectivity index (χ1v) is 9.50. The van der Waals surface area contributed by atoms with Crippen LogP contribution in [0.2, 0.25) is 0 Å². The molecule has 1 heterocycles. The number of aryl methyl sites for hydroxylation is 1. The summed E-state index contributed by atoms with van der Waals surface area (Å²) in [6.07, 6.45) is 0. The van der Waals surface area contributed by atoms with Gasteiger partial charge in [0.15, 0.2) is 0 Å². The monoisotopic (exact) mass is 361 g/mol. The fraction of sp³-hybridized carbons (Fsp3) is 0.556. The highest BCUT2D eigenvalue weighted by Crippen LogP contribution is 2.29. The molecule has 0 spiro atoms. The normalized spacial score (nSPS) is 12.6. The summed E-state index contributed by atoms with van der Waals surface area (Å²) in [5.74, 6) is 0.740. The Morgan fingerprint density at radius 2 is 1.96 bits per heavy atom. The molecule has 1 amide bonds. The summed E-state index contributed by atoms with van der Waals surface area (Å²) in [5.41, 5.74) is 3.13. The van der Waals surface area contributed by atoms with Gasteiger partial charge in [0.05, 0.1) is 5.25 Å². The zero-order valence-electron chi connectivity index (χ0n) is 15.8. The summed E-state index contributed by atoms with van der Waals surface area (Å²) < 4.78 is 1.76. The van der Waals surface area contributed by atoms with Crippen LogP contribution >= 0.6 is 11.8 Å². The van der Waals surface area contributed by atoms with Gasteiger partial charge < -0.3 is 5.32 Å². The number of tetrazole rings is 1. The maximum Gasteiger partial charge on any atom is 0.237 e. The lowest BCUT2D eigenvalue weighted by molar-refractivity contribution is -0.115. The summed E-state index contributed by atoms with van der Waals surface area (Å²) in [7, 11) is 0. The van der Waals surface area contributed by atoms with Crippen LogP contribution in [-0.4, -0.2) is 31.4 Å². The molecule has 0 radical (unpaired) electrons. The average Bonchev–Trinajstić information content (AvgIpc) is 2.95. The molecule has 1 aromatic heterocycles. The highest BCUT2D eigenvalue weighted by Gasteiger charge is 2.21. The number of anilines is 1. The van der Waals surface area contributed by atoms with Gasteiger partial charge in [-0.1, -0.05) is 57.7 Å². The lowest BCUT2D eigenvalue weighted by Gasteiger charge is -2.18. The van der Waals surface area contributed by atoms with E-state index in [1.807, 2.05) is 26.0 Å². The first-order chi connectivity index (χ1) is 11.8. The summed E-state index contributed by atoms with van der Waals surface area (Å²) >= 11 is 1.38. The van der Waals surface area contributed by atoms with Crippen LogP contribution in [0.15, 0.2) is 23.4 Å². The first-order valence-electron chi connectivity index (χ1n) is 8.62. The number of benzene rings is 1. The zero-order valence-corrected chi connectivity index (χ0v) is 16.6. The molecule has 136 valence electrons. The van der Waals surface area contributed by atoms with Gasteiger partial charge >= 0.3 is 0 Å². The third kappa shape index (κ3) is 5.04. The number of para-hydroxylation sites is 1. The van der Waals surface area contributed by atoms with Crippen molar-refractivity contribution in [3.63, 3.8) is 0 Å². The fourth-order valence-corrected chi connectivity index (χ4v) is 3.32. The number of carbonyl (C=O) groups excluding carboxylic acids is 1. The van der Waals surface area contributed by atoms with Crippen molar-refractivity contribution in [3.8, 4) is 0 Å². The maximum atomic E-state index is 12.7. The Morgan fingerprint density at radius 1 is 1.24 bits per heavy atom. The second kappa shape index (κ2) is 8.47. The van der Waals surface area contributed by atoms with Gasteiger partial charge in [0.25, 0.3) is 0 Å². The number of hydrogen-bond donors (Lipinski definition) is 1. The van der Waals surface area contributed by atoms with Crippen molar-refractivity contribution in [2.24, 2.45) is 5.92 Å². The van der Waals surface area contributed by atoms with Gasteiger partial charge in [-0.3, -0.25) is 4.79 Å². The van der Waals surface area contributed by atoms with E-state index in [4.69, 9.17) is 0 Å². The third-order valence-corrected chi connectivity index (χ3v) is 4.93. The van der Waals surface area contributed by atoms with Crippen LogP contribution in [-0.2, 0) is 11.3 Å². The second-order valence-electron chi connectivity index (χ2n) is 6.98. The van der Waals surface area contributed by atoms with Gasteiger partial charge in [-0.05, 0) is 47.2 Å². The molecular weight excluding hydrogens is 334 g/mol. The quantitative estimate of drug-likeness (QED) is 0.758. The van der Waals surface area contributed by atoms with Crippen LogP contribution < -0.4 is 5.32 Å². The van der Waals surface area contributed by atoms with Gasteiger partial charge in [0, 0.05) is 12.2 Å². The minimum Gasteiger partial charge on any atom is -0.325 e. The Bertz CT molecular complexity index is 726. The SMILES string of the molecule is Cc1cccc(C(C)C)c1NC(=O)C(C)Sc1nnnn1CC(C)C. The number of hydrogen-bond acceptors (Lipinski definition) is 5. The summed E-state index contributed by atoms with van der Waals surface area (Å²) in [5, 5.41) is 15.3. The molecule has 0 bridgehead atoms. The largest absolute Gasteiger partial charge is 0.325 e. The molecular formula is C18H27N5OS. The van der Waals surface area contributed by atoms with E-state index in [2.05, 4.69) is 54.6 Å². The van der Waals surface area contributed by atoms with Crippen LogP contribution in [0.5, 0.6) is 0 Å². The molecule has 0 fully saturated rings. The van der Waals surface area contributed by atoms with Crippen molar-refractivity contribution in [2.45, 2.75) is 64.4 Å². The Balaban J connectivity index is 2.11. The molecule has 2 rings (SSSR count). The van der Waals surface area contributed by atoms with E-state index >= 15 is 0 Å². The van der Waals surface area contributed by atoms with E-state index in [0.29, 0.717) is 17.0 Å². The van der Waals surface area contributed by atoms with Crippen LogP contribution in [0.25, 0.3) is 0 Å². The summed E-state index contributed by atoms with van der Waals surface area (Å²) in [4.78, 5) is 12.7. The van der Waals surface area contributed by atoms with Gasteiger partial charge in [-0.15, -0.1) is 5.10 Å². The number of aromatic nitrogens is 4. The van der Waals surface area contributed by atoms with E-state index in [0.717, 1.165) is 23.4 Å². The topological polar surface area (TPSA) is 72.7 Å². The molecule has 0 aliphatic carbocycles. The maximum absolute atomic E-state index is 12.7. The highest BCUT2D eigenvalue weighted by atomic mass is 32.2. The number of amides is 1. The van der Waals surface area contributed by atoms with Crippen LogP contribution in [0.3, 0.4) is 0 Å². The van der Waals surface area contributed by atoms with E-state index < -0.39 is 0 Å². The molecule has 1 aromatic carbocycles. The smallest absolute Gasteiger partial charge is 0.237 e. The van der Waals surface area contributed by atoms with Crippen molar-refractivity contribution in [2.75, 3.05) is 5.32 Å². The van der Waals surface area contributed by atoms with Gasteiger partial charge in [0.2, 0.25) is 11.1 Å². The lowest BCUT2D eigenvalue weighted by Crippen LogP contribution is -2.24. The van der Waals surface area contributed by atoms with Crippen LogP contribution in [0.1, 0.15) is 51.7 Å². The Kier molecular flexibility index (Phi) is 6.58. The average molecular weight is 362 g/mol. The van der Waals surface area contributed by atoms with Crippen molar-refractivity contribution in [3.05, 3.63) is 29.3 Å². The van der Waals surface area contributed by atoms with E-state index in [1.165, 1.54) is 11.8 Å². The van der Waals surface area contributed by atoms with Crippen molar-refractivity contribution >= 4 is 23.4 Å². The molecule has 25 heavy (non-hydrogen) atoms. The van der Waals surface area contributed by atoms with E-state index in [1.54, 1.807) is 4.68 Å². The molecule has 0 aliphatic heterocycles. The van der Waals surface area contributed by atoms with E-state index in [9.17, 15) is 4.79 Å². The third-order valence-electron chi connectivity index (χ3n) is 3.86. The molecule has 0 saturated heterocycles. The standard InChI is InChI=1S/C18H27N5OS/c1-11(2)10-23-18(20-21-22-23)25-14(6)17(24)19-16-13(5)8-7-9-15(16)12(3)4/h7-9,11-12,14H,10H2,1-6H3,(H,19,24). The molecule has 7 heteroatoms. The summed E-state index contributed by atoms with van der Waals surface area (Å²) in [6, 6.07) is 6.11. The minimum absolute atomic E-state index is 0.0414. The van der Waals surface area contributed by atoms with Gasteiger partial charge in [-0.2, -0.15) is 0 Å². The van der Waals surface area contributed by atoms with Crippen LogP contribution in [0, 0.1) is 12.8 Å². The number of rotatable bonds is 7. The molecule has 1 N–H and O–H groups in total. The molecule has 1 atom stereocenters. The lowest BCUT2D eigenvalue weighted by atomic mass is 9.98. The first kappa shape index (κ1) is 19.4. The Morgan fingerprint density at radius 3 is 2.60 bits per heavy atom. The Hall–Kier alpha value is -1.89. The predicted octanol–water partition coefficient (Wildman–Crippen LogP) is 3.88.